The van der Waals surface area contributed by atoms with E-state index in [1.807, 2.05) is 0 Å². The Morgan fingerprint density at radius 3 is 2.27 bits per heavy atom. The van der Waals surface area contributed by atoms with Crippen LogP contribution < -0.4 is 29.0 Å². The Bertz CT molecular complexity index is 1040. The Kier molecular flexibility index (Phi) is 7.25. The van der Waals surface area contributed by atoms with E-state index in [9.17, 15) is 0 Å². The fourth-order valence-corrected chi connectivity index (χ4v) is 3.34. The van der Waals surface area contributed by atoms with Crippen molar-refractivity contribution < 1.29 is 43.0 Å². The SMILES string of the molecule is Cc1ccc(-c2cc(=[NH+]CC3CCCO3)c3cc(C)ccc3o2)cc1.[O-][Cl+3]([O-])([O-])[O-]. The summed E-state index contributed by atoms with van der Waals surface area (Å²) in [6.45, 7) is 5.92. The molecule has 30 heavy (non-hydrogen) atoms. The van der Waals surface area contributed by atoms with Gasteiger partial charge in [-0.1, -0.05) is 41.5 Å². The molecule has 2 heterocycles. The van der Waals surface area contributed by atoms with Crippen LogP contribution in [0.3, 0.4) is 0 Å². The van der Waals surface area contributed by atoms with Crippen molar-refractivity contribution in [2.75, 3.05) is 13.2 Å². The van der Waals surface area contributed by atoms with Crippen LogP contribution in [0.15, 0.2) is 52.9 Å². The second-order valence-corrected chi connectivity index (χ2v) is 8.04. The molecular formula is C22H24ClNO6. The summed E-state index contributed by atoms with van der Waals surface area (Å²) in [5, 5.41) is 2.23. The molecule has 160 valence electrons. The van der Waals surface area contributed by atoms with Gasteiger partial charge in [0.2, 0.25) is 5.36 Å². The normalized spacial score (nSPS) is 17.1. The summed E-state index contributed by atoms with van der Waals surface area (Å²) < 4.78 is 45.9. The van der Waals surface area contributed by atoms with Crippen LogP contribution in [0.5, 0.6) is 0 Å². The van der Waals surface area contributed by atoms with E-state index in [4.69, 9.17) is 27.8 Å². The van der Waals surface area contributed by atoms with Crippen molar-refractivity contribution in [1.29, 1.82) is 0 Å². The molecule has 1 N–H and O–H groups in total. The van der Waals surface area contributed by atoms with E-state index < -0.39 is 10.2 Å². The minimum Gasteiger partial charge on any atom is -0.456 e. The van der Waals surface area contributed by atoms with Crippen molar-refractivity contribution in [3.8, 4) is 11.3 Å². The smallest absolute Gasteiger partial charge is 0.213 e. The molecule has 1 aliphatic heterocycles. The standard InChI is InChI=1S/C22H23NO2.ClHO4/c1-15-5-8-17(9-6-15)22-13-20(23-14-18-4-3-11-24-18)19-12-16(2)7-10-21(19)25-22;2-1(3,4)5/h5-10,12-13,18H,3-4,11,14H2,1-2H3;(H,2,3,4,5). The van der Waals surface area contributed by atoms with Gasteiger partial charge in [-0.3, -0.25) is 0 Å². The van der Waals surface area contributed by atoms with Crippen molar-refractivity contribution in [2.24, 2.45) is 0 Å². The van der Waals surface area contributed by atoms with Gasteiger partial charge in [0.1, 0.15) is 17.4 Å². The monoisotopic (exact) mass is 433 g/mol. The van der Waals surface area contributed by atoms with Crippen LogP contribution >= 0.6 is 0 Å². The van der Waals surface area contributed by atoms with Gasteiger partial charge in [-0.2, -0.15) is 0 Å². The van der Waals surface area contributed by atoms with Crippen molar-refractivity contribution >= 4 is 11.0 Å². The van der Waals surface area contributed by atoms with E-state index in [0.717, 1.165) is 53.6 Å². The summed E-state index contributed by atoms with van der Waals surface area (Å²) in [6.07, 6.45) is 2.59. The molecule has 2 aromatic carbocycles. The maximum Gasteiger partial charge on any atom is 0.213 e. The van der Waals surface area contributed by atoms with Crippen molar-refractivity contribution in [3.05, 3.63) is 65.0 Å². The molecule has 0 amide bonds. The lowest BCUT2D eigenvalue weighted by Gasteiger charge is -2.17. The van der Waals surface area contributed by atoms with Gasteiger partial charge in [-0.05, 0) is 38.8 Å². The van der Waals surface area contributed by atoms with E-state index in [1.54, 1.807) is 0 Å². The van der Waals surface area contributed by atoms with Crippen LogP contribution in [0.4, 0.5) is 0 Å². The summed E-state index contributed by atoms with van der Waals surface area (Å²) in [4.78, 5) is 3.59. The van der Waals surface area contributed by atoms with E-state index in [0.29, 0.717) is 6.10 Å². The third kappa shape index (κ3) is 6.63. The maximum absolute atomic E-state index is 8.49. The fraction of sp³-hybridized carbons (Fsp3) is 0.318. The van der Waals surface area contributed by atoms with Crippen molar-refractivity contribution in [3.63, 3.8) is 0 Å². The topological polar surface area (TPSA) is 129 Å². The zero-order valence-electron chi connectivity index (χ0n) is 16.9. The van der Waals surface area contributed by atoms with E-state index in [-0.39, 0.29) is 0 Å². The molecule has 1 aliphatic rings. The molecule has 0 bridgehead atoms. The molecule has 3 aromatic rings. The summed E-state index contributed by atoms with van der Waals surface area (Å²) >= 11 is 0. The van der Waals surface area contributed by atoms with Crippen LogP contribution in [0, 0.1) is 24.1 Å². The van der Waals surface area contributed by atoms with Gasteiger partial charge < -0.3 is 9.15 Å². The molecule has 1 saturated heterocycles. The number of hydrogen-bond acceptors (Lipinski definition) is 6. The van der Waals surface area contributed by atoms with Crippen LogP contribution in [-0.4, -0.2) is 19.3 Å². The van der Waals surface area contributed by atoms with E-state index >= 15 is 0 Å². The largest absolute Gasteiger partial charge is 0.456 e. The van der Waals surface area contributed by atoms with Crippen molar-refractivity contribution in [2.45, 2.75) is 32.8 Å². The number of benzene rings is 2. The van der Waals surface area contributed by atoms with Gasteiger partial charge >= 0.3 is 0 Å². The first-order valence-corrected chi connectivity index (χ1v) is 10.8. The molecular weight excluding hydrogens is 410 g/mol. The molecule has 7 nitrogen and oxygen atoms in total. The van der Waals surface area contributed by atoms with Gasteiger partial charge in [0, 0.05) is 12.2 Å². The zero-order valence-corrected chi connectivity index (χ0v) is 17.6. The highest BCUT2D eigenvalue weighted by Gasteiger charge is 2.18. The van der Waals surface area contributed by atoms with Crippen LogP contribution in [0.25, 0.3) is 22.3 Å². The molecule has 1 aromatic heterocycles. The number of aryl methyl sites for hydroxylation is 2. The van der Waals surface area contributed by atoms with Gasteiger partial charge in [0.05, 0.1) is 11.5 Å². The van der Waals surface area contributed by atoms with Gasteiger partial charge in [-0.25, -0.2) is 23.6 Å². The molecule has 0 aliphatic carbocycles. The van der Waals surface area contributed by atoms with Crippen LogP contribution in [0.2, 0.25) is 0 Å². The van der Waals surface area contributed by atoms with E-state index in [2.05, 4.69) is 67.4 Å². The van der Waals surface area contributed by atoms with Crippen molar-refractivity contribution in [1.82, 2.24) is 0 Å². The second kappa shape index (κ2) is 9.70. The van der Waals surface area contributed by atoms with E-state index in [1.165, 1.54) is 11.1 Å². The van der Waals surface area contributed by atoms with Crippen LogP contribution in [0.1, 0.15) is 24.0 Å². The Morgan fingerprint density at radius 1 is 0.967 bits per heavy atom. The lowest BCUT2D eigenvalue weighted by Crippen LogP contribution is -2.79. The third-order valence-corrected chi connectivity index (χ3v) is 4.80. The Hall–Kier alpha value is -2.26. The highest BCUT2D eigenvalue weighted by atomic mass is 35.7. The molecule has 1 unspecified atom stereocenters. The summed E-state index contributed by atoms with van der Waals surface area (Å²) in [5.41, 5.74) is 4.47. The van der Waals surface area contributed by atoms with Gasteiger partial charge in [-0.15, -0.1) is 10.2 Å². The number of fused-ring (bicyclic) bond motifs is 1. The van der Waals surface area contributed by atoms with Gasteiger partial charge in [0.25, 0.3) is 0 Å². The number of rotatable bonds is 3. The highest BCUT2D eigenvalue weighted by molar-refractivity contribution is 5.78. The predicted molar refractivity (Wildman–Crippen MR) is 99.1 cm³/mol. The molecule has 0 saturated carbocycles. The minimum atomic E-state index is -4.94. The molecule has 1 atom stereocenters. The fourth-order valence-electron chi connectivity index (χ4n) is 3.34. The lowest BCUT2D eigenvalue weighted by atomic mass is 10.1. The first-order chi connectivity index (χ1) is 14.2. The highest BCUT2D eigenvalue weighted by Crippen LogP contribution is 2.22. The second-order valence-electron chi connectivity index (χ2n) is 7.28. The molecule has 1 fully saturated rings. The minimum absolute atomic E-state index is 0.305. The third-order valence-electron chi connectivity index (χ3n) is 4.80. The molecule has 0 radical (unpaired) electrons. The van der Waals surface area contributed by atoms with Gasteiger partial charge in [0.15, 0.2) is 6.54 Å². The Morgan fingerprint density at radius 2 is 1.63 bits per heavy atom. The van der Waals surface area contributed by atoms with Crippen LogP contribution in [-0.2, 0) is 4.74 Å². The quantitative estimate of drug-likeness (QED) is 0.514. The Balaban J connectivity index is 0.000000461. The summed E-state index contributed by atoms with van der Waals surface area (Å²) in [6, 6.07) is 16.9. The Labute approximate surface area is 176 Å². The molecule has 4 rings (SSSR count). The molecule has 0 spiro atoms. The summed E-state index contributed by atoms with van der Waals surface area (Å²) in [5.74, 6) is 0.881. The maximum atomic E-state index is 8.49. The lowest BCUT2D eigenvalue weighted by molar-refractivity contribution is -2.00. The first-order valence-electron chi connectivity index (χ1n) is 9.61. The average molecular weight is 434 g/mol. The number of nitrogens with one attached hydrogen (secondary N) is 1. The number of hydrogen-bond donors (Lipinski definition) is 1. The zero-order chi connectivity index (χ0) is 21.7. The first kappa shape index (κ1) is 22.4. The summed E-state index contributed by atoms with van der Waals surface area (Å²) in [7, 11) is -4.94. The predicted octanol–water partition coefficient (Wildman–Crippen LogP) is -1.88. The average Bonchev–Trinajstić information content (AvgIpc) is 3.19. The number of ether oxygens (including phenoxy) is 1. The number of halogens is 1. The molecule has 8 heteroatoms.